The van der Waals surface area contributed by atoms with Crippen LogP contribution in [0.25, 0.3) is 16.9 Å². The minimum atomic E-state index is -0.211. The molecule has 190 valence electrons. The first kappa shape index (κ1) is 25.1. The summed E-state index contributed by atoms with van der Waals surface area (Å²) in [5, 5.41) is 9.95. The summed E-state index contributed by atoms with van der Waals surface area (Å²) in [4.78, 5) is 29.3. The van der Waals surface area contributed by atoms with E-state index in [1.807, 2.05) is 79.9 Å². The van der Waals surface area contributed by atoms with E-state index in [9.17, 15) is 9.59 Å². The molecule has 0 unspecified atom stereocenters. The van der Waals surface area contributed by atoms with Crippen molar-refractivity contribution in [2.24, 2.45) is 0 Å². The number of carbonyl (C=O) groups excluding carboxylic acids is 2. The van der Waals surface area contributed by atoms with Crippen molar-refractivity contribution in [2.75, 3.05) is 24.3 Å². The Bertz CT molecular complexity index is 1380. The Kier molecular flexibility index (Phi) is 7.34. The van der Waals surface area contributed by atoms with E-state index in [4.69, 9.17) is 9.84 Å². The van der Waals surface area contributed by atoms with Crippen LogP contribution < -0.4 is 15.0 Å². The maximum absolute atomic E-state index is 13.6. The number of hydrogen-bond donors (Lipinski definition) is 1. The molecule has 1 aliphatic rings. The number of nitrogens with one attached hydrogen (secondary N) is 1. The minimum Gasteiger partial charge on any atom is -0.497 e. The number of thioether (sulfide) groups is 1. The average molecular weight is 533 g/mol. The Morgan fingerprint density at radius 3 is 2.51 bits per heavy atom. The van der Waals surface area contributed by atoms with Gasteiger partial charge in [0, 0.05) is 22.0 Å². The molecular weight excluding hydrogens is 504 g/mol. The number of anilines is 1. The van der Waals surface area contributed by atoms with Crippen molar-refractivity contribution in [3.05, 3.63) is 82.6 Å². The highest BCUT2D eigenvalue weighted by molar-refractivity contribution is 8.00. The summed E-state index contributed by atoms with van der Waals surface area (Å²) in [5.41, 5.74) is 3.45. The van der Waals surface area contributed by atoms with Crippen LogP contribution in [-0.2, 0) is 9.59 Å². The number of fused-ring (bicyclic) bond motifs is 1. The maximum atomic E-state index is 13.6. The molecule has 1 atom stereocenters. The van der Waals surface area contributed by atoms with Crippen molar-refractivity contribution in [1.82, 2.24) is 15.1 Å². The molecule has 1 aliphatic heterocycles. The van der Waals surface area contributed by atoms with Gasteiger partial charge >= 0.3 is 0 Å². The van der Waals surface area contributed by atoms with Crippen LogP contribution in [0.5, 0.6) is 5.75 Å². The molecule has 2 aromatic heterocycles. The van der Waals surface area contributed by atoms with E-state index < -0.39 is 0 Å². The standard InChI is InChI=1S/C28H28N4O3S2/c1-18(2)29-23(33)16-31-24(34)17-37-27(22-10-7-15-36-22)25-26(19-8-5-4-6-9-19)30-32(28(25)31)20-11-13-21(35-3)14-12-20/h4-15,18,27H,16-17H2,1-3H3,(H,29,33)/t27-/m1/s1. The molecule has 9 heteroatoms. The second kappa shape index (κ2) is 10.8. The number of carbonyl (C=O) groups is 2. The summed E-state index contributed by atoms with van der Waals surface area (Å²) in [7, 11) is 1.62. The van der Waals surface area contributed by atoms with Crippen molar-refractivity contribution in [2.45, 2.75) is 25.1 Å². The lowest BCUT2D eigenvalue weighted by Gasteiger charge is -2.23. The number of aromatic nitrogens is 2. The summed E-state index contributed by atoms with van der Waals surface area (Å²) >= 11 is 3.23. The van der Waals surface area contributed by atoms with Gasteiger partial charge in [0.25, 0.3) is 0 Å². The molecule has 0 aliphatic carbocycles. The van der Waals surface area contributed by atoms with E-state index in [2.05, 4.69) is 11.4 Å². The monoisotopic (exact) mass is 532 g/mol. The van der Waals surface area contributed by atoms with Crippen LogP contribution in [0.4, 0.5) is 5.82 Å². The number of hydrogen-bond acceptors (Lipinski definition) is 6. The minimum absolute atomic E-state index is 0.0336. The normalized spacial score (nSPS) is 15.4. The summed E-state index contributed by atoms with van der Waals surface area (Å²) < 4.78 is 7.15. The molecule has 1 N–H and O–H groups in total. The SMILES string of the molecule is COc1ccc(-n2nc(-c3ccccc3)c3c2N(CC(=O)NC(C)C)C(=O)CS[C@@H]3c2cccs2)cc1. The van der Waals surface area contributed by atoms with E-state index >= 15 is 0 Å². The van der Waals surface area contributed by atoms with Gasteiger partial charge in [-0.25, -0.2) is 4.68 Å². The number of rotatable bonds is 7. The van der Waals surface area contributed by atoms with Crippen molar-refractivity contribution in [3.63, 3.8) is 0 Å². The zero-order valence-electron chi connectivity index (χ0n) is 20.9. The Balaban J connectivity index is 1.77. The molecule has 5 rings (SSSR count). The van der Waals surface area contributed by atoms with E-state index in [0.29, 0.717) is 5.82 Å². The Hall–Kier alpha value is -3.56. The van der Waals surface area contributed by atoms with E-state index in [1.54, 1.807) is 39.8 Å². The van der Waals surface area contributed by atoms with Crippen LogP contribution in [0.2, 0.25) is 0 Å². The number of amides is 2. The quantitative estimate of drug-likeness (QED) is 0.349. The molecule has 4 aromatic rings. The lowest BCUT2D eigenvalue weighted by Crippen LogP contribution is -2.44. The zero-order valence-corrected chi connectivity index (χ0v) is 22.5. The van der Waals surface area contributed by atoms with Gasteiger partial charge in [0.1, 0.15) is 18.1 Å². The van der Waals surface area contributed by atoms with Crippen LogP contribution >= 0.6 is 23.1 Å². The molecule has 2 aromatic carbocycles. The molecule has 0 radical (unpaired) electrons. The highest BCUT2D eigenvalue weighted by Gasteiger charge is 2.38. The fourth-order valence-corrected chi connectivity index (χ4v) is 6.58. The van der Waals surface area contributed by atoms with Crippen LogP contribution in [0.3, 0.4) is 0 Å². The van der Waals surface area contributed by atoms with Gasteiger partial charge < -0.3 is 10.1 Å². The molecule has 0 saturated heterocycles. The summed E-state index contributed by atoms with van der Waals surface area (Å²) in [6.07, 6.45) is 0. The summed E-state index contributed by atoms with van der Waals surface area (Å²) in [6, 6.07) is 21.6. The Morgan fingerprint density at radius 1 is 1.11 bits per heavy atom. The molecule has 3 heterocycles. The summed E-state index contributed by atoms with van der Waals surface area (Å²) in [5.74, 6) is 1.26. The average Bonchev–Trinajstić information content (AvgIpc) is 3.54. The van der Waals surface area contributed by atoms with Gasteiger partial charge in [-0.05, 0) is 49.6 Å². The maximum Gasteiger partial charge on any atom is 0.240 e. The molecule has 2 amide bonds. The molecule has 7 nitrogen and oxygen atoms in total. The number of ether oxygens (including phenoxy) is 1. The number of methoxy groups -OCH3 is 1. The third kappa shape index (κ3) is 5.14. The fraction of sp³-hybridized carbons (Fsp3) is 0.250. The largest absolute Gasteiger partial charge is 0.497 e. The van der Waals surface area contributed by atoms with Gasteiger partial charge in [-0.15, -0.1) is 23.1 Å². The van der Waals surface area contributed by atoms with Gasteiger partial charge in [-0.3, -0.25) is 14.5 Å². The fourth-order valence-electron chi connectivity index (χ4n) is 4.41. The lowest BCUT2D eigenvalue weighted by atomic mass is 10.0. The van der Waals surface area contributed by atoms with Crippen molar-refractivity contribution >= 4 is 40.7 Å². The number of benzene rings is 2. The zero-order chi connectivity index (χ0) is 25.9. The van der Waals surface area contributed by atoms with E-state index in [0.717, 1.165) is 33.1 Å². The van der Waals surface area contributed by atoms with Crippen molar-refractivity contribution < 1.29 is 14.3 Å². The van der Waals surface area contributed by atoms with Gasteiger partial charge in [0.2, 0.25) is 11.8 Å². The predicted molar refractivity (Wildman–Crippen MR) is 150 cm³/mol. The number of nitrogens with zero attached hydrogens (tertiary/aromatic N) is 3. The van der Waals surface area contributed by atoms with E-state index in [-0.39, 0.29) is 35.4 Å². The Labute approximate surface area is 224 Å². The second-order valence-electron chi connectivity index (χ2n) is 8.97. The third-order valence-electron chi connectivity index (χ3n) is 6.01. The lowest BCUT2D eigenvalue weighted by molar-refractivity contribution is -0.123. The highest BCUT2D eigenvalue weighted by atomic mass is 32.2. The highest BCUT2D eigenvalue weighted by Crippen LogP contribution is 2.49. The van der Waals surface area contributed by atoms with Gasteiger partial charge in [-0.2, -0.15) is 5.10 Å². The van der Waals surface area contributed by atoms with Gasteiger partial charge in [0.05, 0.1) is 29.5 Å². The van der Waals surface area contributed by atoms with Crippen LogP contribution in [-0.4, -0.2) is 47.0 Å². The van der Waals surface area contributed by atoms with Crippen molar-refractivity contribution in [3.8, 4) is 22.7 Å². The van der Waals surface area contributed by atoms with Crippen LogP contribution in [0.1, 0.15) is 29.5 Å². The van der Waals surface area contributed by atoms with E-state index in [1.165, 1.54) is 0 Å². The predicted octanol–water partition coefficient (Wildman–Crippen LogP) is 5.30. The van der Waals surface area contributed by atoms with Gasteiger partial charge in [-0.1, -0.05) is 36.4 Å². The van der Waals surface area contributed by atoms with Crippen LogP contribution in [0, 0.1) is 0 Å². The van der Waals surface area contributed by atoms with Crippen LogP contribution in [0.15, 0.2) is 72.1 Å². The molecular formula is C28H28N4O3S2. The molecule has 0 saturated carbocycles. The molecule has 0 fully saturated rings. The van der Waals surface area contributed by atoms with Gasteiger partial charge in [0.15, 0.2) is 0 Å². The Morgan fingerprint density at radius 2 is 1.86 bits per heavy atom. The van der Waals surface area contributed by atoms with Crippen molar-refractivity contribution in [1.29, 1.82) is 0 Å². The first-order valence-corrected chi connectivity index (χ1v) is 14.0. The molecule has 37 heavy (non-hydrogen) atoms. The smallest absolute Gasteiger partial charge is 0.240 e. The molecule has 0 spiro atoms. The topological polar surface area (TPSA) is 76.5 Å². The third-order valence-corrected chi connectivity index (χ3v) is 8.33. The first-order chi connectivity index (χ1) is 18.0. The first-order valence-electron chi connectivity index (χ1n) is 12.0. The summed E-state index contributed by atoms with van der Waals surface area (Å²) in [6.45, 7) is 3.73. The molecule has 0 bridgehead atoms. The second-order valence-corrected chi connectivity index (χ2v) is 11.0. The number of thiophene rings is 1.